The molecule has 2 heterocycles. The monoisotopic (exact) mass is 415 g/mol. The number of para-hydroxylation sites is 1. The van der Waals surface area contributed by atoms with Crippen molar-refractivity contribution in [1.29, 1.82) is 0 Å². The molecule has 1 aliphatic rings. The van der Waals surface area contributed by atoms with E-state index in [0.717, 1.165) is 47.2 Å². The molecule has 31 heavy (non-hydrogen) atoms. The zero-order valence-electron chi connectivity index (χ0n) is 17.5. The van der Waals surface area contributed by atoms with Gasteiger partial charge >= 0.3 is 0 Å². The number of rotatable bonds is 6. The number of benzene rings is 2. The van der Waals surface area contributed by atoms with Gasteiger partial charge in [-0.1, -0.05) is 18.2 Å². The number of methoxy groups -OCH3 is 1. The Balaban J connectivity index is 1.28. The van der Waals surface area contributed by atoms with Gasteiger partial charge in [-0.2, -0.15) is 10.2 Å². The van der Waals surface area contributed by atoms with E-state index in [-0.39, 0.29) is 11.9 Å². The first-order valence-corrected chi connectivity index (χ1v) is 10.6. The smallest absolute Gasteiger partial charge is 0.222 e. The summed E-state index contributed by atoms with van der Waals surface area (Å²) in [5, 5.41) is 13.3. The van der Waals surface area contributed by atoms with E-state index < -0.39 is 0 Å². The minimum atomic E-state index is -0.00221. The van der Waals surface area contributed by atoms with E-state index in [1.54, 1.807) is 7.11 Å². The van der Waals surface area contributed by atoms with Gasteiger partial charge in [-0.05, 0) is 49.6 Å². The Morgan fingerprint density at radius 2 is 1.97 bits per heavy atom. The van der Waals surface area contributed by atoms with Gasteiger partial charge in [0, 0.05) is 23.1 Å². The highest BCUT2D eigenvalue weighted by molar-refractivity contribution is 5.79. The van der Waals surface area contributed by atoms with Gasteiger partial charge in [0.05, 0.1) is 43.3 Å². The summed E-state index contributed by atoms with van der Waals surface area (Å²) >= 11 is 0. The number of hydrogen-bond acceptors (Lipinski definition) is 4. The average Bonchev–Trinajstić information content (AvgIpc) is 3.43. The number of fused-ring (bicyclic) bond motifs is 2. The van der Waals surface area contributed by atoms with E-state index in [4.69, 9.17) is 4.74 Å². The lowest BCUT2D eigenvalue weighted by Gasteiger charge is -2.24. The average molecular weight is 415 g/mol. The van der Waals surface area contributed by atoms with Crippen LogP contribution in [-0.2, 0) is 17.8 Å². The Morgan fingerprint density at radius 3 is 2.81 bits per heavy atom. The van der Waals surface area contributed by atoms with Gasteiger partial charge in [-0.3, -0.25) is 9.48 Å². The Kier molecular flexibility index (Phi) is 5.16. The number of aryl methyl sites for hydroxylation is 1. The minimum absolute atomic E-state index is 0.00221. The van der Waals surface area contributed by atoms with Crippen LogP contribution in [0.5, 0.6) is 5.75 Å². The summed E-state index contributed by atoms with van der Waals surface area (Å²) in [4.78, 5) is 12.7. The zero-order valence-corrected chi connectivity index (χ0v) is 17.5. The molecule has 0 bridgehead atoms. The molecule has 158 valence electrons. The SMILES string of the molecule is COc1ccc(-n2ncc3c2CCCC3NC(=O)CCn2ncc3ccccc32)cc1. The number of nitrogens with one attached hydrogen (secondary N) is 1. The molecule has 1 aliphatic carbocycles. The second-order valence-corrected chi connectivity index (χ2v) is 7.85. The van der Waals surface area contributed by atoms with Crippen LogP contribution in [0.25, 0.3) is 16.6 Å². The largest absolute Gasteiger partial charge is 0.497 e. The van der Waals surface area contributed by atoms with Gasteiger partial charge in [-0.15, -0.1) is 0 Å². The van der Waals surface area contributed by atoms with E-state index in [1.807, 2.05) is 70.3 Å². The number of aromatic nitrogens is 4. The molecule has 2 aromatic heterocycles. The van der Waals surface area contributed by atoms with Crippen molar-refractivity contribution in [3.05, 3.63) is 72.2 Å². The quantitative estimate of drug-likeness (QED) is 0.520. The lowest BCUT2D eigenvalue weighted by molar-refractivity contribution is -0.122. The molecular formula is C24H25N5O2. The fourth-order valence-corrected chi connectivity index (χ4v) is 4.33. The number of carbonyl (C=O) groups is 1. The van der Waals surface area contributed by atoms with Crippen molar-refractivity contribution in [3.8, 4) is 11.4 Å². The van der Waals surface area contributed by atoms with Crippen LogP contribution in [-0.4, -0.2) is 32.6 Å². The number of carbonyl (C=O) groups excluding carboxylic acids is 1. The third-order valence-corrected chi connectivity index (χ3v) is 5.94. The van der Waals surface area contributed by atoms with E-state index in [1.165, 1.54) is 5.69 Å². The first-order chi connectivity index (χ1) is 15.2. The first-order valence-electron chi connectivity index (χ1n) is 10.6. The lowest BCUT2D eigenvalue weighted by atomic mass is 9.92. The van der Waals surface area contributed by atoms with Crippen LogP contribution in [0, 0.1) is 0 Å². The van der Waals surface area contributed by atoms with Gasteiger partial charge in [-0.25, -0.2) is 4.68 Å². The highest BCUT2D eigenvalue weighted by Crippen LogP contribution is 2.31. The second kappa shape index (κ2) is 8.26. The van der Waals surface area contributed by atoms with Crippen molar-refractivity contribution in [1.82, 2.24) is 24.9 Å². The lowest BCUT2D eigenvalue weighted by Crippen LogP contribution is -2.31. The molecular weight excluding hydrogens is 390 g/mol. The molecule has 2 aromatic carbocycles. The maximum atomic E-state index is 12.7. The third kappa shape index (κ3) is 3.79. The molecule has 1 unspecified atom stereocenters. The maximum absolute atomic E-state index is 12.7. The molecule has 7 heteroatoms. The Bertz CT molecular complexity index is 1210. The van der Waals surface area contributed by atoms with E-state index in [9.17, 15) is 4.79 Å². The summed E-state index contributed by atoms with van der Waals surface area (Å²) < 4.78 is 9.12. The number of hydrogen-bond donors (Lipinski definition) is 1. The molecule has 4 aromatic rings. The predicted molar refractivity (Wildman–Crippen MR) is 118 cm³/mol. The summed E-state index contributed by atoms with van der Waals surface area (Å²) in [6.07, 6.45) is 7.03. The molecule has 7 nitrogen and oxygen atoms in total. The van der Waals surface area contributed by atoms with Crippen LogP contribution in [0.1, 0.15) is 36.6 Å². The van der Waals surface area contributed by atoms with Crippen LogP contribution in [0.3, 0.4) is 0 Å². The molecule has 0 spiro atoms. The second-order valence-electron chi connectivity index (χ2n) is 7.85. The molecule has 0 saturated carbocycles. The molecule has 1 N–H and O–H groups in total. The molecule has 5 rings (SSSR count). The highest BCUT2D eigenvalue weighted by Gasteiger charge is 2.26. The summed E-state index contributed by atoms with van der Waals surface area (Å²) in [6, 6.07) is 15.9. The third-order valence-electron chi connectivity index (χ3n) is 5.94. The number of ether oxygens (including phenoxy) is 1. The van der Waals surface area contributed by atoms with Crippen molar-refractivity contribution in [2.24, 2.45) is 0 Å². The summed E-state index contributed by atoms with van der Waals surface area (Å²) in [5.74, 6) is 0.856. The van der Waals surface area contributed by atoms with Crippen molar-refractivity contribution in [2.45, 2.75) is 38.3 Å². The van der Waals surface area contributed by atoms with Gasteiger partial charge in [0.15, 0.2) is 0 Å². The summed E-state index contributed by atoms with van der Waals surface area (Å²) in [5.41, 5.74) is 4.33. The molecule has 0 saturated heterocycles. The Labute approximate surface area is 180 Å². The standard InChI is InChI=1S/C24H25N5O2/c1-31-19-11-9-18(10-12-19)29-23-8-4-6-21(20(23)16-26-29)27-24(30)13-14-28-22-7-3-2-5-17(22)15-25-28/h2-3,5,7,9-12,15-16,21H,4,6,8,13-14H2,1H3,(H,27,30). The Hall–Kier alpha value is -3.61. The van der Waals surface area contributed by atoms with Crippen molar-refractivity contribution >= 4 is 16.8 Å². The van der Waals surface area contributed by atoms with Crippen LogP contribution in [0.4, 0.5) is 0 Å². The topological polar surface area (TPSA) is 74.0 Å². The van der Waals surface area contributed by atoms with E-state index in [0.29, 0.717) is 13.0 Å². The van der Waals surface area contributed by atoms with Gasteiger partial charge in [0.2, 0.25) is 5.91 Å². The maximum Gasteiger partial charge on any atom is 0.222 e. The van der Waals surface area contributed by atoms with Gasteiger partial charge in [0.25, 0.3) is 0 Å². The predicted octanol–water partition coefficient (Wildman–Crippen LogP) is 3.81. The minimum Gasteiger partial charge on any atom is -0.497 e. The molecule has 0 radical (unpaired) electrons. The zero-order chi connectivity index (χ0) is 21.2. The van der Waals surface area contributed by atoms with Crippen molar-refractivity contribution < 1.29 is 9.53 Å². The number of amides is 1. The summed E-state index contributed by atoms with van der Waals surface area (Å²) in [7, 11) is 1.66. The highest BCUT2D eigenvalue weighted by atomic mass is 16.5. The van der Waals surface area contributed by atoms with E-state index >= 15 is 0 Å². The molecule has 0 aliphatic heterocycles. The van der Waals surface area contributed by atoms with Crippen LogP contribution < -0.4 is 10.1 Å². The number of nitrogens with zero attached hydrogens (tertiary/aromatic N) is 4. The van der Waals surface area contributed by atoms with E-state index in [2.05, 4.69) is 15.5 Å². The van der Waals surface area contributed by atoms with Crippen LogP contribution >= 0.6 is 0 Å². The molecule has 1 amide bonds. The first kappa shape index (κ1) is 19.4. The van der Waals surface area contributed by atoms with Crippen LogP contribution in [0.2, 0.25) is 0 Å². The fraction of sp³-hybridized carbons (Fsp3) is 0.292. The van der Waals surface area contributed by atoms with Crippen molar-refractivity contribution in [2.75, 3.05) is 7.11 Å². The van der Waals surface area contributed by atoms with Gasteiger partial charge < -0.3 is 10.1 Å². The normalized spacial score (nSPS) is 15.6. The molecule has 0 fully saturated rings. The fourth-order valence-electron chi connectivity index (χ4n) is 4.33. The Morgan fingerprint density at radius 1 is 1.13 bits per heavy atom. The van der Waals surface area contributed by atoms with Crippen molar-refractivity contribution in [3.63, 3.8) is 0 Å². The van der Waals surface area contributed by atoms with Crippen LogP contribution in [0.15, 0.2) is 60.9 Å². The summed E-state index contributed by atoms with van der Waals surface area (Å²) in [6.45, 7) is 0.560. The van der Waals surface area contributed by atoms with Gasteiger partial charge in [0.1, 0.15) is 5.75 Å². The molecule has 1 atom stereocenters.